The lowest BCUT2D eigenvalue weighted by atomic mass is 9.90. The first kappa shape index (κ1) is 20.9. The van der Waals surface area contributed by atoms with E-state index in [4.69, 9.17) is 4.74 Å². The fourth-order valence-corrected chi connectivity index (χ4v) is 2.25. The molecule has 0 radical (unpaired) electrons. The first-order valence-electron chi connectivity index (χ1n) is 8.75. The van der Waals surface area contributed by atoms with Crippen LogP contribution in [-0.2, 0) is 9.59 Å². The molecule has 0 aliphatic carbocycles. The number of methoxy groups -OCH3 is 1. The van der Waals surface area contributed by atoms with Crippen molar-refractivity contribution >= 4 is 17.5 Å². The van der Waals surface area contributed by atoms with E-state index in [0.717, 1.165) is 17.2 Å². The highest BCUT2D eigenvalue weighted by Gasteiger charge is 2.21. The van der Waals surface area contributed by atoms with Crippen molar-refractivity contribution in [2.24, 2.45) is 10.5 Å². The zero-order valence-electron chi connectivity index (χ0n) is 16.4. The van der Waals surface area contributed by atoms with E-state index in [9.17, 15) is 14.7 Å². The van der Waals surface area contributed by atoms with Crippen LogP contribution in [0.4, 0.5) is 0 Å². The number of carbonyl (C=O) groups is 2. The average Bonchev–Trinajstić information content (AvgIpc) is 2.67. The number of ether oxygens (including phenoxy) is 1. The van der Waals surface area contributed by atoms with Gasteiger partial charge in [-0.05, 0) is 24.3 Å². The number of carboxylic acid groups (broad SMARTS) is 1. The first-order chi connectivity index (χ1) is 13.2. The van der Waals surface area contributed by atoms with Gasteiger partial charge in [-0.25, -0.2) is 4.79 Å². The Kier molecular flexibility index (Phi) is 6.71. The minimum atomic E-state index is -1.26. The van der Waals surface area contributed by atoms with Gasteiger partial charge in [-0.1, -0.05) is 51.1 Å². The van der Waals surface area contributed by atoms with E-state index in [0.29, 0.717) is 11.5 Å². The van der Waals surface area contributed by atoms with E-state index in [1.165, 1.54) is 0 Å². The molecule has 2 rings (SSSR count). The molecule has 0 aliphatic rings. The highest BCUT2D eigenvalue weighted by Crippen LogP contribution is 2.17. The maximum Gasteiger partial charge on any atom is 0.353 e. The maximum absolute atomic E-state index is 12.2. The van der Waals surface area contributed by atoms with Gasteiger partial charge < -0.3 is 9.84 Å². The summed E-state index contributed by atoms with van der Waals surface area (Å²) in [7, 11) is 1.58. The number of rotatable bonds is 7. The molecule has 0 amide bonds. The minimum absolute atomic E-state index is 0.290. The van der Waals surface area contributed by atoms with Gasteiger partial charge in [0.05, 0.1) is 12.8 Å². The number of ketones is 1. The van der Waals surface area contributed by atoms with Gasteiger partial charge >= 0.3 is 5.97 Å². The predicted molar refractivity (Wildman–Crippen MR) is 108 cm³/mol. The second-order valence-corrected chi connectivity index (χ2v) is 7.14. The third-order valence-electron chi connectivity index (χ3n) is 3.94. The van der Waals surface area contributed by atoms with Crippen LogP contribution < -0.4 is 10.2 Å². The third-order valence-corrected chi connectivity index (χ3v) is 3.94. The molecule has 6 heteroatoms. The van der Waals surface area contributed by atoms with Crippen LogP contribution in [0.15, 0.2) is 71.5 Å². The van der Waals surface area contributed by atoms with Crippen molar-refractivity contribution in [3.63, 3.8) is 0 Å². The molecule has 0 fully saturated rings. The van der Waals surface area contributed by atoms with Crippen LogP contribution in [0.1, 0.15) is 31.9 Å². The zero-order chi connectivity index (χ0) is 20.7. The summed E-state index contributed by atoms with van der Waals surface area (Å²) in [5.74, 6) is -0.868. The van der Waals surface area contributed by atoms with Gasteiger partial charge in [0.1, 0.15) is 11.4 Å². The lowest BCUT2D eigenvalue weighted by molar-refractivity contribution is -0.133. The second-order valence-electron chi connectivity index (χ2n) is 7.14. The van der Waals surface area contributed by atoms with Crippen LogP contribution in [0.5, 0.6) is 5.75 Å². The van der Waals surface area contributed by atoms with Crippen LogP contribution in [-0.4, -0.2) is 29.7 Å². The van der Waals surface area contributed by atoms with Crippen molar-refractivity contribution in [3.8, 4) is 5.75 Å². The number of aliphatic carboxylic acids is 1. The van der Waals surface area contributed by atoms with E-state index in [-0.39, 0.29) is 11.5 Å². The van der Waals surface area contributed by atoms with Crippen molar-refractivity contribution in [1.29, 1.82) is 0 Å². The number of carboxylic acids is 1. The number of allylic oxidation sites excluding steroid dienone is 1. The Hall–Kier alpha value is -3.41. The number of hydrogen-bond acceptors (Lipinski definition) is 5. The smallest absolute Gasteiger partial charge is 0.353 e. The Labute approximate surface area is 164 Å². The second kappa shape index (κ2) is 8.99. The van der Waals surface area contributed by atoms with Gasteiger partial charge in [0.25, 0.3) is 0 Å². The molecule has 2 aromatic carbocycles. The standard InChI is InChI=1S/C22H24N2O4/c1-22(2,3)19(25)14-18(21(26)27)23-24-20(15-8-6-5-7-9-15)16-10-12-17(28-4)13-11-16/h5-14,23H,1-4H3,(H,26,27). The molecule has 2 aromatic rings. The van der Waals surface area contributed by atoms with Crippen LogP contribution in [0.2, 0.25) is 0 Å². The number of benzene rings is 2. The molecule has 0 atom stereocenters. The molecule has 6 nitrogen and oxygen atoms in total. The largest absolute Gasteiger partial charge is 0.497 e. The Balaban J connectivity index is 2.44. The molecule has 0 bridgehead atoms. The topological polar surface area (TPSA) is 88.0 Å². The predicted octanol–water partition coefficient (Wildman–Crippen LogP) is 3.62. The summed E-state index contributed by atoms with van der Waals surface area (Å²) in [6.07, 6.45) is 1.07. The first-order valence-corrected chi connectivity index (χ1v) is 8.75. The van der Waals surface area contributed by atoms with Crippen molar-refractivity contribution in [2.75, 3.05) is 7.11 Å². The minimum Gasteiger partial charge on any atom is -0.497 e. The highest BCUT2D eigenvalue weighted by atomic mass is 16.5. The molecule has 0 aromatic heterocycles. The molecular formula is C22H24N2O4. The number of carbonyl (C=O) groups excluding carboxylic acids is 1. The van der Waals surface area contributed by atoms with E-state index >= 15 is 0 Å². The number of nitrogens with one attached hydrogen (secondary N) is 1. The highest BCUT2D eigenvalue weighted by molar-refractivity contribution is 6.13. The van der Waals surface area contributed by atoms with E-state index in [1.54, 1.807) is 40.0 Å². The van der Waals surface area contributed by atoms with Gasteiger partial charge in [0, 0.05) is 22.6 Å². The molecular weight excluding hydrogens is 356 g/mol. The summed E-state index contributed by atoms with van der Waals surface area (Å²) in [4.78, 5) is 23.8. The fraction of sp³-hybridized carbons (Fsp3) is 0.227. The summed E-state index contributed by atoms with van der Waals surface area (Å²) in [5, 5.41) is 13.7. The van der Waals surface area contributed by atoms with Gasteiger partial charge in [0.2, 0.25) is 0 Å². The molecule has 0 aliphatic heterocycles. The maximum atomic E-state index is 12.2. The number of hydrazone groups is 1. The zero-order valence-corrected chi connectivity index (χ0v) is 16.4. The molecule has 0 unspecified atom stereocenters. The Morgan fingerprint density at radius 1 is 1.00 bits per heavy atom. The van der Waals surface area contributed by atoms with Crippen LogP contribution in [0.25, 0.3) is 0 Å². The summed E-state index contributed by atoms with van der Waals surface area (Å²) in [6.45, 7) is 5.17. The lowest BCUT2D eigenvalue weighted by Gasteiger charge is -2.14. The van der Waals surface area contributed by atoms with Crippen LogP contribution in [0.3, 0.4) is 0 Å². The SMILES string of the molecule is COc1ccc(C(=NNC(=CC(=O)C(C)(C)C)C(=O)O)c2ccccc2)cc1. The fourth-order valence-electron chi connectivity index (χ4n) is 2.25. The van der Waals surface area contributed by atoms with Crippen molar-refractivity contribution in [3.05, 3.63) is 77.5 Å². The summed E-state index contributed by atoms with van der Waals surface area (Å²) in [6, 6.07) is 16.6. The lowest BCUT2D eigenvalue weighted by Crippen LogP contribution is -2.23. The third kappa shape index (κ3) is 5.54. The van der Waals surface area contributed by atoms with Crippen LogP contribution >= 0.6 is 0 Å². The molecule has 0 heterocycles. The molecule has 0 saturated carbocycles. The molecule has 2 N–H and O–H groups in total. The molecule has 0 spiro atoms. The van der Waals surface area contributed by atoms with Crippen molar-refractivity contribution in [2.45, 2.75) is 20.8 Å². The number of nitrogens with zero attached hydrogens (tertiary/aromatic N) is 1. The molecule has 146 valence electrons. The van der Waals surface area contributed by atoms with Crippen molar-refractivity contribution < 1.29 is 19.4 Å². The molecule has 28 heavy (non-hydrogen) atoms. The van der Waals surface area contributed by atoms with Gasteiger partial charge in [-0.15, -0.1) is 0 Å². The quantitative estimate of drug-likeness (QED) is 0.435. The average molecular weight is 380 g/mol. The normalized spacial score (nSPS) is 12.4. The Morgan fingerprint density at radius 2 is 1.57 bits per heavy atom. The Bertz CT molecular complexity index is 892. The van der Waals surface area contributed by atoms with Gasteiger partial charge in [0.15, 0.2) is 5.78 Å². The van der Waals surface area contributed by atoms with Crippen molar-refractivity contribution in [1.82, 2.24) is 5.43 Å². The summed E-state index contributed by atoms with van der Waals surface area (Å²) < 4.78 is 5.18. The van der Waals surface area contributed by atoms with Gasteiger partial charge in [-0.3, -0.25) is 10.2 Å². The van der Waals surface area contributed by atoms with E-state index in [2.05, 4.69) is 10.5 Å². The number of hydrogen-bond donors (Lipinski definition) is 2. The summed E-state index contributed by atoms with van der Waals surface area (Å²) in [5.41, 5.74) is 3.67. The summed E-state index contributed by atoms with van der Waals surface area (Å²) >= 11 is 0. The van der Waals surface area contributed by atoms with E-state index < -0.39 is 11.4 Å². The van der Waals surface area contributed by atoms with E-state index in [1.807, 2.05) is 42.5 Å². The molecule has 0 saturated heterocycles. The Morgan fingerprint density at radius 3 is 2.07 bits per heavy atom. The van der Waals surface area contributed by atoms with Crippen LogP contribution in [0, 0.1) is 5.41 Å². The monoisotopic (exact) mass is 380 g/mol. The van der Waals surface area contributed by atoms with Gasteiger partial charge in [-0.2, -0.15) is 5.10 Å².